The topological polar surface area (TPSA) is 20.2 Å². The van der Waals surface area contributed by atoms with E-state index in [1.807, 2.05) is 0 Å². The van der Waals surface area contributed by atoms with Crippen molar-refractivity contribution >= 4 is 23.0 Å². The molecule has 3 nitrogen and oxygen atoms in total. The maximum absolute atomic E-state index is 5.78. The summed E-state index contributed by atoms with van der Waals surface area (Å²) in [4.78, 5) is 2.38. The number of nitrogens with one attached hydrogen (secondary N) is 1. The molecule has 0 saturated carbocycles. The van der Waals surface area contributed by atoms with Gasteiger partial charge in [-0.3, -0.25) is 0 Å². The molecular weight excluding hydrogens is 302 g/mol. The summed E-state index contributed by atoms with van der Waals surface area (Å²) in [6, 6.07) is 13.0. The third-order valence-electron chi connectivity index (χ3n) is 4.73. The molecule has 0 radical (unpaired) electrons. The first-order valence-corrected chi connectivity index (χ1v) is 8.82. The number of benzene rings is 1. The van der Waals surface area contributed by atoms with Gasteiger partial charge in [-0.1, -0.05) is 31.0 Å². The van der Waals surface area contributed by atoms with Gasteiger partial charge in [0.05, 0.1) is 6.04 Å². The van der Waals surface area contributed by atoms with Crippen LogP contribution in [0.25, 0.3) is 0 Å². The summed E-state index contributed by atoms with van der Waals surface area (Å²) in [5, 5.41) is 4.31. The summed E-state index contributed by atoms with van der Waals surface area (Å²) < 4.78 is 2.22. The molecule has 0 bridgehead atoms. The van der Waals surface area contributed by atoms with E-state index >= 15 is 0 Å². The Morgan fingerprint density at radius 3 is 2.70 bits per heavy atom. The quantitative estimate of drug-likeness (QED) is 0.811. The van der Waals surface area contributed by atoms with Crippen molar-refractivity contribution in [2.24, 2.45) is 7.05 Å². The lowest BCUT2D eigenvalue weighted by molar-refractivity contribution is 0.315. The van der Waals surface area contributed by atoms with Gasteiger partial charge < -0.3 is 14.8 Å². The van der Waals surface area contributed by atoms with E-state index in [2.05, 4.69) is 71.4 Å². The van der Waals surface area contributed by atoms with Crippen molar-refractivity contribution < 1.29 is 0 Å². The Balaban J connectivity index is 1.83. The third-order valence-corrected chi connectivity index (χ3v) is 5.06. The summed E-state index contributed by atoms with van der Waals surface area (Å²) in [6.45, 7) is 3.13. The molecule has 1 saturated heterocycles. The molecule has 1 aliphatic heterocycles. The number of para-hydroxylation sites is 1. The molecule has 2 heterocycles. The predicted molar refractivity (Wildman–Crippen MR) is 101 cm³/mol. The molecule has 4 heteroatoms. The fourth-order valence-corrected chi connectivity index (χ4v) is 3.71. The minimum absolute atomic E-state index is 0.363. The van der Waals surface area contributed by atoms with Crippen LogP contribution in [0, 0.1) is 6.92 Å². The van der Waals surface area contributed by atoms with E-state index in [1.165, 1.54) is 30.5 Å². The lowest BCUT2D eigenvalue weighted by Crippen LogP contribution is -2.38. The molecule has 3 rings (SSSR count). The summed E-state index contributed by atoms with van der Waals surface area (Å²) in [6.07, 6.45) is 7.03. The first-order chi connectivity index (χ1) is 11.2. The first kappa shape index (κ1) is 16.1. The van der Waals surface area contributed by atoms with E-state index in [0.29, 0.717) is 6.04 Å². The number of aromatic nitrogens is 1. The molecule has 0 unspecified atom stereocenters. The second-order valence-corrected chi connectivity index (χ2v) is 6.73. The molecular formula is C19H25N3S. The number of anilines is 1. The summed E-state index contributed by atoms with van der Waals surface area (Å²) in [5.41, 5.74) is 3.67. The van der Waals surface area contributed by atoms with E-state index in [4.69, 9.17) is 12.2 Å². The smallest absolute Gasteiger partial charge is 0.173 e. The van der Waals surface area contributed by atoms with Crippen molar-refractivity contribution in [1.29, 1.82) is 0 Å². The number of rotatable bonds is 2. The molecule has 1 aromatic heterocycles. The van der Waals surface area contributed by atoms with Crippen molar-refractivity contribution in [2.75, 3.05) is 11.9 Å². The van der Waals surface area contributed by atoms with Crippen molar-refractivity contribution in [2.45, 2.75) is 38.6 Å². The fourth-order valence-electron chi connectivity index (χ4n) is 3.38. The Morgan fingerprint density at radius 2 is 1.96 bits per heavy atom. The second-order valence-electron chi connectivity index (χ2n) is 6.35. The van der Waals surface area contributed by atoms with Gasteiger partial charge in [0.2, 0.25) is 0 Å². The SMILES string of the molecule is Cc1ccccc1NC(=S)N1CCCCC[C@H]1c1cccn1C. The van der Waals surface area contributed by atoms with Gasteiger partial charge in [-0.2, -0.15) is 0 Å². The van der Waals surface area contributed by atoms with Crippen molar-refractivity contribution in [3.05, 3.63) is 53.9 Å². The van der Waals surface area contributed by atoms with Crippen LogP contribution in [-0.4, -0.2) is 21.1 Å². The molecule has 1 aliphatic rings. The highest BCUT2D eigenvalue weighted by molar-refractivity contribution is 7.80. The standard InChI is InChI=1S/C19H25N3S/c1-15-9-5-6-10-16(15)20-19(23)22-14-7-3-4-11-18(22)17-12-8-13-21(17)2/h5-6,8-10,12-13,18H,3-4,7,11,14H2,1-2H3,(H,20,23)/t18-/m0/s1. The van der Waals surface area contributed by atoms with Crippen LogP contribution >= 0.6 is 12.2 Å². The van der Waals surface area contributed by atoms with Crippen molar-refractivity contribution in [1.82, 2.24) is 9.47 Å². The summed E-state index contributed by atoms with van der Waals surface area (Å²) in [7, 11) is 2.12. The van der Waals surface area contributed by atoms with E-state index < -0.39 is 0 Å². The predicted octanol–water partition coefficient (Wildman–Crippen LogP) is 4.65. The number of likely N-dealkylation sites (tertiary alicyclic amines) is 1. The maximum Gasteiger partial charge on any atom is 0.173 e. The highest BCUT2D eigenvalue weighted by Gasteiger charge is 2.26. The Morgan fingerprint density at radius 1 is 1.13 bits per heavy atom. The lowest BCUT2D eigenvalue weighted by atomic mass is 10.1. The van der Waals surface area contributed by atoms with Crippen LogP contribution in [0.15, 0.2) is 42.6 Å². The molecule has 122 valence electrons. The van der Waals surface area contributed by atoms with E-state index in [0.717, 1.165) is 23.8 Å². The number of aryl methyl sites for hydroxylation is 2. The Labute approximate surface area is 144 Å². The van der Waals surface area contributed by atoms with Crippen molar-refractivity contribution in [3.8, 4) is 0 Å². The average Bonchev–Trinajstić information content (AvgIpc) is 2.82. The summed E-state index contributed by atoms with van der Waals surface area (Å²) >= 11 is 5.78. The highest BCUT2D eigenvalue weighted by atomic mass is 32.1. The molecule has 23 heavy (non-hydrogen) atoms. The third kappa shape index (κ3) is 3.58. The normalized spacial score (nSPS) is 18.5. The Kier molecular flexibility index (Phi) is 5.01. The monoisotopic (exact) mass is 327 g/mol. The molecule has 1 fully saturated rings. The number of thiocarbonyl (C=S) groups is 1. The molecule has 0 spiro atoms. The van der Waals surface area contributed by atoms with Gasteiger partial charge in [0.1, 0.15) is 0 Å². The van der Waals surface area contributed by atoms with Crippen LogP contribution in [0.3, 0.4) is 0 Å². The average molecular weight is 327 g/mol. The van der Waals surface area contributed by atoms with Crippen LogP contribution in [0.1, 0.15) is 43.0 Å². The summed E-state index contributed by atoms with van der Waals surface area (Å²) in [5.74, 6) is 0. The highest BCUT2D eigenvalue weighted by Crippen LogP contribution is 2.31. The number of hydrogen-bond donors (Lipinski definition) is 1. The van der Waals surface area contributed by atoms with Gasteiger partial charge in [0, 0.05) is 31.2 Å². The second kappa shape index (κ2) is 7.18. The van der Waals surface area contributed by atoms with Crippen molar-refractivity contribution in [3.63, 3.8) is 0 Å². The Bertz CT molecular complexity index is 677. The first-order valence-electron chi connectivity index (χ1n) is 8.41. The zero-order valence-electron chi connectivity index (χ0n) is 14.0. The van der Waals surface area contributed by atoms with Gasteiger partial charge in [-0.05, 0) is 55.7 Å². The number of nitrogens with zero attached hydrogens (tertiary/aromatic N) is 2. The minimum Gasteiger partial charge on any atom is -0.353 e. The van der Waals surface area contributed by atoms with Gasteiger partial charge in [-0.15, -0.1) is 0 Å². The molecule has 1 atom stereocenters. The Hall–Kier alpha value is -1.81. The molecule has 0 aliphatic carbocycles. The van der Waals surface area contributed by atoms with E-state index in [-0.39, 0.29) is 0 Å². The van der Waals surface area contributed by atoms with Crippen LogP contribution in [0.4, 0.5) is 5.69 Å². The molecule has 1 aromatic carbocycles. The molecule has 1 N–H and O–H groups in total. The van der Waals surface area contributed by atoms with Gasteiger partial charge in [0.25, 0.3) is 0 Å². The van der Waals surface area contributed by atoms with Gasteiger partial charge in [0.15, 0.2) is 5.11 Å². The zero-order valence-corrected chi connectivity index (χ0v) is 14.8. The van der Waals surface area contributed by atoms with E-state index in [1.54, 1.807) is 0 Å². The molecule has 2 aromatic rings. The van der Waals surface area contributed by atoms with Gasteiger partial charge >= 0.3 is 0 Å². The maximum atomic E-state index is 5.78. The number of hydrogen-bond acceptors (Lipinski definition) is 1. The minimum atomic E-state index is 0.363. The zero-order chi connectivity index (χ0) is 16.2. The largest absolute Gasteiger partial charge is 0.353 e. The lowest BCUT2D eigenvalue weighted by Gasteiger charge is -2.33. The van der Waals surface area contributed by atoms with E-state index in [9.17, 15) is 0 Å². The molecule has 0 amide bonds. The van der Waals surface area contributed by atoms with Crippen LogP contribution < -0.4 is 5.32 Å². The fraction of sp³-hybridized carbons (Fsp3) is 0.421. The van der Waals surface area contributed by atoms with Crippen LogP contribution in [0.2, 0.25) is 0 Å². The van der Waals surface area contributed by atoms with Crippen LogP contribution in [-0.2, 0) is 7.05 Å². The van der Waals surface area contributed by atoms with Gasteiger partial charge in [-0.25, -0.2) is 0 Å². The van der Waals surface area contributed by atoms with Crippen LogP contribution in [0.5, 0.6) is 0 Å².